The molecule has 0 spiro atoms. The van der Waals surface area contributed by atoms with Gasteiger partial charge in [-0.1, -0.05) is 41.6 Å². The highest BCUT2D eigenvalue weighted by atomic mass is 35.5. The molecule has 0 saturated heterocycles. The molecule has 0 aliphatic heterocycles. The number of aliphatic hydroxyl groups excluding tert-OH is 1. The minimum absolute atomic E-state index is 0.0185. The van der Waals surface area contributed by atoms with Gasteiger partial charge in [0.05, 0.1) is 13.2 Å². The fourth-order valence-electron chi connectivity index (χ4n) is 1.29. The number of benzene rings is 1. The van der Waals surface area contributed by atoms with Crippen molar-refractivity contribution in [1.82, 2.24) is 20.2 Å². The Hall–Kier alpha value is -1.11. The van der Waals surface area contributed by atoms with Crippen LogP contribution in [0.15, 0.2) is 29.4 Å². The summed E-state index contributed by atoms with van der Waals surface area (Å²) < 4.78 is 1.57. The molecule has 0 bridgehead atoms. The Kier molecular flexibility index (Phi) is 4.36. The summed E-state index contributed by atoms with van der Waals surface area (Å²) in [4.78, 5) is 0. The first kappa shape index (κ1) is 12.3. The van der Waals surface area contributed by atoms with Gasteiger partial charge in [0.15, 0.2) is 0 Å². The van der Waals surface area contributed by atoms with Crippen LogP contribution in [0.5, 0.6) is 0 Å². The average Bonchev–Trinajstić information content (AvgIpc) is 2.76. The molecule has 0 aliphatic carbocycles. The van der Waals surface area contributed by atoms with Crippen LogP contribution in [-0.4, -0.2) is 31.9 Å². The lowest BCUT2D eigenvalue weighted by atomic mass is 10.2. The van der Waals surface area contributed by atoms with E-state index in [2.05, 4.69) is 15.5 Å². The van der Waals surface area contributed by atoms with Gasteiger partial charge in [0, 0.05) is 10.8 Å². The van der Waals surface area contributed by atoms with Crippen molar-refractivity contribution in [2.75, 3.05) is 6.61 Å². The Balaban J connectivity index is 2.02. The van der Waals surface area contributed by atoms with Gasteiger partial charge in [0.25, 0.3) is 0 Å². The Labute approximate surface area is 108 Å². The molecule has 0 amide bonds. The zero-order chi connectivity index (χ0) is 12.1. The molecular formula is C10H11ClN4OS. The van der Waals surface area contributed by atoms with Gasteiger partial charge >= 0.3 is 0 Å². The highest BCUT2D eigenvalue weighted by molar-refractivity contribution is 7.98. The normalized spacial score (nSPS) is 10.7. The number of hydrogen-bond acceptors (Lipinski definition) is 5. The summed E-state index contributed by atoms with van der Waals surface area (Å²) in [5.74, 6) is 0.700. The number of aromatic nitrogens is 4. The first-order chi connectivity index (χ1) is 8.31. The van der Waals surface area contributed by atoms with E-state index in [1.54, 1.807) is 4.68 Å². The van der Waals surface area contributed by atoms with E-state index in [1.165, 1.54) is 11.8 Å². The molecule has 1 N–H and O–H groups in total. The number of hydrogen-bond donors (Lipinski definition) is 1. The average molecular weight is 271 g/mol. The second-order valence-corrected chi connectivity index (χ2v) is 4.64. The lowest BCUT2D eigenvalue weighted by molar-refractivity contribution is 0.262. The highest BCUT2D eigenvalue weighted by Crippen LogP contribution is 2.24. The quantitative estimate of drug-likeness (QED) is 0.837. The standard InChI is InChI=1S/C10H11ClN4OS/c11-9-4-2-1-3-8(9)7-17-10-12-13-14-15(10)5-6-16/h1-4,16H,5-7H2. The third-order valence-corrected chi connectivity index (χ3v) is 3.50. The van der Waals surface area contributed by atoms with Gasteiger partial charge < -0.3 is 5.11 Å². The lowest BCUT2D eigenvalue weighted by Crippen LogP contribution is -2.05. The van der Waals surface area contributed by atoms with E-state index >= 15 is 0 Å². The summed E-state index contributed by atoms with van der Waals surface area (Å²) in [5.41, 5.74) is 1.04. The summed E-state index contributed by atoms with van der Waals surface area (Å²) in [7, 11) is 0. The third-order valence-electron chi connectivity index (χ3n) is 2.13. The largest absolute Gasteiger partial charge is 0.394 e. The van der Waals surface area contributed by atoms with Gasteiger partial charge in [0.1, 0.15) is 0 Å². The van der Waals surface area contributed by atoms with Crippen molar-refractivity contribution in [3.05, 3.63) is 34.9 Å². The molecule has 1 aromatic heterocycles. The van der Waals surface area contributed by atoms with Crippen LogP contribution in [0.4, 0.5) is 0 Å². The molecular weight excluding hydrogens is 260 g/mol. The maximum atomic E-state index is 8.85. The Morgan fingerprint density at radius 2 is 2.18 bits per heavy atom. The predicted octanol–water partition coefficient (Wildman–Crippen LogP) is 1.61. The van der Waals surface area contributed by atoms with Gasteiger partial charge in [0.2, 0.25) is 5.16 Å². The van der Waals surface area contributed by atoms with Gasteiger partial charge in [-0.25, -0.2) is 4.68 Å². The SMILES string of the molecule is OCCn1nnnc1SCc1ccccc1Cl. The van der Waals surface area contributed by atoms with Crippen molar-refractivity contribution in [2.45, 2.75) is 17.5 Å². The van der Waals surface area contributed by atoms with Crippen LogP contribution in [0.2, 0.25) is 5.02 Å². The number of nitrogens with zero attached hydrogens (tertiary/aromatic N) is 4. The second-order valence-electron chi connectivity index (χ2n) is 3.29. The van der Waals surface area contributed by atoms with Crippen molar-refractivity contribution < 1.29 is 5.11 Å². The Morgan fingerprint density at radius 1 is 1.35 bits per heavy atom. The number of halogens is 1. The van der Waals surface area contributed by atoms with Crippen LogP contribution >= 0.6 is 23.4 Å². The van der Waals surface area contributed by atoms with Crippen LogP contribution in [-0.2, 0) is 12.3 Å². The number of rotatable bonds is 5. The van der Waals surface area contributed by atoms with Crippen molar-refractivity contribution in [1.29, 1.82) is 0 Å². The topological polar surface area (TPSA) is 63.8 Å². The Morgan fingerprint density at radius 3 is 2.94 bits per heavy atom. The monoisotopic (exact) mass is 270 g/mol. The molecule has 0 fully saturated rings. The summed E-state index contributed by atoms with van der Waals surface area (Å²) in [6.45, 7) is 0.419. The highest BCUT2D eigenvalue weighted by Gasteiger charge is 2.07. The van der Waals surface area contributed by atoms with Crippen molar-refractivity contribution in [2.24, 2.45) is 0 Å². The van der Waals surface area contributed by atoms with Crippen LogP contribution in [0, 0.1) is 0 Å². The van der Waals surface area contributed by atoms with Gasteiger partial charge in [-0.2, -0.15) is 0 Å². The summed E-state index contributed by atoms with van der Waals surface area (Å²) in [5, 5.41) is 21.5. The van der Waals surface area contributed by atoms with Crippen molar-refractivity contribution in [3.63, 3.8) is 0 Å². The third kappa shape index (κ3) is 3.18. The van der Waals surface area contributed by atoms with E-state index in [4.69, 9.17) is 16.7 Å². The van der Waals surface area contributed by atoms with Gasteiger partial charge in [-0.15, -0.1) is 5.10 Å². The van der Waals surface area contributed by atoms with E-state index in [1.807, 2.05) is 24.3 Å². The summed E-state index contributed by atoms with van der Waals surface area (Å²) >= 11 is 7.55. The van der Waals surface area contributed by atoms with E-state index in [0.29, 0.717) is 17.5 Å². The smallest absolute Gasteiger partial charge is 0.209 e. The Bertz CT molecular complexity index is 491. The first-order valence-corrected chi connectivity index (χ1v) is 6.41. The lowest BCUT2D eigenvalue weighted by Gasteiger charge is -2.03. The number of thioether (sulfide) groups is 1. The first-order valence-electron chi connectivity index (χ1n) is 5.04. The molecule has 0 unspecified atom stereocenters. The van der Waals surface area contributed by atoms with Gasteiger partial charge in [-0.3, -0.25) is 0 Å². The van der Waals surface area contributed by atoms with E-state index in [9.17, 15) is 0 Å². The van der Waals surface area contributed by atoms with Crippen LogP contribution < -0.4 is 0 Å². The molecule has 0 atom stereocenters. The predicted molar refractivity (Wildman–Crippen MR) is 65.9 cm³/mol. The maximum absolute atomic E-state index is 8.85. The molecule has 1 aromatic carbocycles. The molecule has 17 heavy (non-hydrogen) atoms. The molecule has 90 valence electrons. The molecule has 1 heterocycles. The molecule has 0 aliphatic rings. The van der Waals surface area contributed by atoms with Gasteiger partial charge in [-0.05, 0) is 22.1 Å². The molecule has 0 radical (unpaired) electrons. The fourth-order valence-corrected chi connectivity index (χ4v) is 2.48. The number of tetrazole rings is 1. The van der Waals surface area contributed by atoms with E-state index < -0.39 is 0 Å². The van der Waals surface area contributed by atoms with Crippen LogP contribution in [0.1, 0.15) is 5.56 Å². The van der Waals surface area contributed by atoms with Crippen LogP contribution in [0.3, 0.4) is 0 Å². The van der Waals surface area contributed by atoms with E-state index in [0.717, 1.165) is 10.6 Å². The molecule has 5 nitrogen and oxygen atoms in total. The summed E-state index contributed by atoms with van der Waals surface area (Å²) in [6.07, 6.45) is 0. The molecule has 2 rings (SSSR count). The fraction of sp³-hybridized carbons (Fsp3) is 0.300. The molecule has 2 aromatic rings. The van der Waals surface area contributed by atoms with Crippen LogP contribution in [0.25, 0.3) is 0 Å². The van der Waals surface area contributed by atoms with Crippen molar-refractivity contribution >= 4 is 23.4 Å². The summed E-state index contributed by atoms with van der Waals surface area (Å²) in [6, 6.07) is 7.66. The minimum atomic E-state index is 0.0185. The zero-order valence-electron chi connectivity index (χ0n) is 8.95. The molecule has 0 saturated carbocycles. The maximum Gasteiger partial charge on any atom is 0.209 e. The second kappa shape index (κ2) is 6.00. The minimum Gasteiger partial charge on any atom is -0.394 e. The van der Waals surface area contributed by atoms with E-state index in [-0.39, 0.29) is 6.61 Å². The number of aliphatic hydroxyl groups is 1. The van der Waals surface area contributed by atoms with Crippen molar-refractivity contribution in [3.8, 4) is 0 Å². The molecule has 7 heteroatoms. The zero-order valence-corrected chi connectivity index (χ0v) is 10.5.